The number of thiazole rings is 1. The van der Waals surface area contributed by atoms with Gasteiger partial charge < -0.3 is 25.7 Å². The molecule has 0 saturated heterocycles. The first-order valence-electron chi connectivity index (χ1n) is 8.64. The molecule has 2 aliphatic rings. The molecule has 11 nitrogen and oxygen atoms in total. The molecule has 1 fully saturated rings. The van der Waals surface area contributed by atoms with E-state index in [1.807, 2.05) is 0 Å². The number of carboxylic acids is 1. The monoisotopic (exact) mass is 454 g/mol. The number of hydrogen-bond acceptors (Lipinski definition) is 11. The second-order valence-corrected chi connectivity index (χ2v) is 8.46. The Bertz CT molecular complexity index is 971. The first kappa shape index (κ1) is 21.8. The lowest BCUT2D eigenvalue weighted by Gasteiger charge is -2.43. The largest absolute Gasteiger partial charge is 0.478 e. The molecular weight excluding hydrogens is 436 g/mol. The van der Waals surface area contributed by atoms with Crippen LogP contribution in [0.2, 0.25) is 0 Å². The number of hydrogen-bond donors (Lipinski definition) is 3. The highest BCUT2D eigenvalue weighted by molar-refractivity contribution is 8.00. The van der Waals surface area contributed by atoms with Crippen LogP contribution in [-0.4, -0.2) is 70.2 Å². The fraction of sp³-hybridized carbons (Fsp3) is 0.412. The van der Waals surface area contributed by atoms with Crippen molar-refractivity contribution in [3.05, 3.63) is 22.2 Å². The lowest BCUT2D eigenvalue weighted by atomic mass is 9.77. The number of ether oxygens (including phenoxy) is 1. The van der Waals surface area contributed by atoms with Gasteiger partial charge in [0.2, 0.25) is 0 Å². The third-order valence-electron chi connectivity index (χ3n) is 4.48. The minimum absolute atomic E-state index is 0.0754. The number of carboxylic acid groups (broad SMARTS) is 1. The first-order chi connectivity index (χ1) is 14.2. The molecule has 0 bridgehead atoms. The van der Waals surface area contributed by atoms with Crippen LogP contribution in [0, 0.1) is 5.92 Å². The number of amides is 1. The second-order valence-electron chi connectivity index (χ2n) is 6.39. The first-order valence-corrected chi connectivity index (χ1v) is 10.6. The molecule has 0 spiro atoms. The smallest absolute Gasteiger partial charge is 0.332 e. The van der Waals surface area contributed by atoms with E-state index in [1.54, 1.807) is 0 Å². The van der Waals surface area contributed by atoms with Crippen LogP contribution in [0.15, 0.2) is 21.7 Å². The van der Waals surface area contributed by atoms with Gasteiger partial charge in [-0.1, -0.05) is 5.16 Å². The Kier molecular flexibility index (Phi) is 6.41. The average molecular weight is 454 g/mol. The van der Waals surface area contributed by atoms with Crippen molar-refractivity contribution in [3.63, 3.8) is 0 Å². The molecule has 30 heavy (non-hydrogen) atoms. The zero-order chi connectivity index (χ0) is 22.0. The molecule has 0 aromatic carbocycles. The molecule has 1 aromatic rings. The standard InChI is InChI=1S/C17H18N4O7S2/c1-6(22)28-3-7-4-29-14-10(9(7)16(25)26)13(23)12(14)20-15(24)11(21-27-2)8-5-30-17(18)19-8/h5,7,12,14H,3-4H2,1-2H3,(H2,18,19)(H,20,24)(H,25,26)/t7?,12-,14+/m1/s1. The van der Waals surface area contributed by atoms with Crippen molar-refractivity contribution in [1.29, 1.82) is 0 Å². The molecule has 3 rings (SSSR count). The highest BCUT2D eigenvalue weighted by Gasteiger charge is 2.53. The average Bonchev–Trinajstić information content (AvgIpc) is 3.13. The third kappa shape index (κ3) is 4.16. The van der Waals surface area contributed by atoms with Crippen LogP contribution in [0.3, 0.4) is 0 Å². The van der Waals surface area contributed by atoms with Crippen molar-refractivity contribution >= 4 is 57.6 Å². The molecule has 1 aliphatic carbocycles. The minimum atomic E-state index is -1.25. The maximum absolute atomic E-state index is 12.7. The highest BCUT2D eigenvalue weighted by Crippen LogP contribution is 2.44. The summed E-state index contributed by atoms with van der Waals surface area (Å²) in [5.41, 5.74) is 5.69. The number of nitrogens with two attached hydrogens (primary N) is 1. The molecule has 13 heteroatoms. The zero-order valence-corrected chi connectivity index (χ0v) is 17.5. The maximum Gasteiger partial charge on any atom is 0.332 e. The number of aliphatic carboxylic acids is 1. The van der Waals surface area contributed by atoms with E-state index in [2.05, 4.69) is 15.5 Å². The Morgan fingerprint density at radius 3 is 2.73 bits per heavy atom. The number of nitrogens with zero attached hydrogens (tertiary/aromatic N) is 2. The van der Waals surface area contributed by atoms with Crippen molar-refractivity contribution < 1.29 is 33.9 Å². The van der Waals surface area contributed by atoms with Crippen molar-refractivity contribution in [2.45, 2.75) is 18.2 Å². The number of fused-ring (bicyclic) bond motifs is 1. The number of aromatic nitrogens is 1. The Labute approximate surface area is 178 Å². The molecule has 0 radical (unpaired) electrons. The molecule has 1 saturated carbocycles. The molecule has 3 atom stereocenters. The van der Waals surface area contributed by atoms with Gasteiger partial charge in [0, 0.05) is 29.5 Å². The number of nitrogens with one attached hydrogen (secondary N) is 1. The Balaban J connectivity index is 1.79. The van der Waals surface area contributed by atoms with Gasteiger partial charge in [-0.25, -0.2) is 9.78 Å². The predicted octanol–water partition coefficient (Wildman–Crippen LogP) is -0.181. The van der Waals surface area contributed by atoms with Gasteiger partial charge >= 0.3 is 11.9 Å². The number of ketones is 1. The van der Waals surface area contributed by atoms with Gasteiger partial charge in [-0.3, -0.25) is 14.4 Å². The highest BCUT2D eigenvalue weighted by atomic mass is 32.2. The number of esters is 1. The number of nitrogen functional groups attached to an aromatic ring is 1. The summed E-state index contributed by atoms with van der Waals surface area (Å²) in [5, 5.41) is 17.1. The third-order valence-corrected chi connectivity index (χ3v) is 6.61. The summed E-state index contributed by atoms with van der Waals surface area (Å²) in [5.74, 6) is -3.25. The fourth-order valence-corrected chi connectivity index (χ4v) is 5.23. The number of carbonyl (C=O) groups is 4. The van der Waals surface area contributed by atoms with E-state index in [0.717, 1.165) is 11.3 Å². The number of anilines is 1. The number of Topliss-reactive ketones (excluding diaryl/α,β-unsaturated/α-hetero) is 1. The van der Waals surface area contributed by atoms with Crippen molar-refractivity contribution in [1.82, 2.24) is 10.3 Å². The van der Waals surface area contributed by atoms with Crippen LogP contribution in [0.5, 0.6) is 0 Å². The zero-order valence-electron chi connectivity index (χ0n) is 15.9. The molecule has 1 aliphatic heterocycles. The van der Waals surface area contributed by atoms with Gasteiger partial charge in [0.25, 0.3) is 5.91 Å². The summed E-state index contributed by atoms with van der Waals surface area (Å²) in [6.07, 6.45) is 0. The van der Waals surface area contributed by atoms with E-state index in [9.17, 15) is 24.3 Å². The summed E-state index contributed by atoms with van der Waals surface area (Å²) in [7, 11) is 1.26. The molecule has 1 amide bonds. The number of rotatable bonds is 7. The van der Waals surface area contributed by atoms with E-state index in [0.29, 0.717) is 5.75 Å². The van der Waals surface area contributed by atoms with Crippen LogP contribution in [-0.2, 0) is 28.8 Å². The molecule has 4 N–H and O–H groups in total. The molecular formula is C17H18N4O7S2. The van der Waals surface area contributed by atoms with Gasteiger partial charge in [0.15, 0.2) is 16.6 Å². The Hall–Kier alpha value is -2.93. The quantitative estimate of drug-likeness (QED) is 0.285. The van der Waals surface area contributed by atoms with E-state index in [4.69, 9.17) is 15.3 Å². The van der Waals surface area contributed by atoms with Crippen LogP contribution in [0.1, 0.15) is 12.6 Å². The van der Waals surface area contributed by atoms with E-state index in [-0.39, 0.29) is 34.3 Å². The molecule has 2 heterocycles. The lowest BCUT2D eigenvalue weighted by molar-refractivity contribution is -0.143. The topological polar surface area (TPSA) is 170 Å². The van der Waals surface area contributed by atoms with Crippen molar-refractivity contribution in [3.8, 4) is 0 Å². The van der Waals surface area contributed by atoms with Crippen LogP contribution in [0.25, 0.3) is 0 Å². The summed E-state index contributed by atoms with van der Waals surface area (Å²) >= 11 is 2.43. The van der Waals surface area contributed by atoms with Gasteiger partial charge in [0.1, 0.15) is 18.8 Å². The fourth-order valence-electron chi connectivity index (χ4n) is 3.19. The van der Waals surface area contributed by atoms with Gasteiger partial charge in [-0.2, -0.15) is 11.8 Å². The van der Waals surface area contributed by atoms with Crippen molar-refractivity contribution in [2.75, 3.05) is 25.2 Å². The van der Waals surface area contributed by atoms with Gasteiger partial charge in [-0.05, 0) is 0 Å². The van der Waals surface area contributed by atoms with Crippen LogP contribution in [0.4, 0.5) is 5.13 Å². The minimum Gasteiger partial charge on any atom is -0.478 e. The summed E-state index contributed by atoms with van der Waals surface area (Å²) in [6, 6.07) is -0.917. The summed E-state index contributed by atoms with van der Waals surface area (Å²) in [6.45, 7) is 1.10. The predicted molar refractivity (Wildman–Crippen MR) is 108 cm³/mol. The van der Waals surface area contributed by atoms with E-state index in [1.165, 1.54) is 31.2 Å². The summed E-state index contributed by atoms with van der Waals surface area (Å²) in [4.78, 5) is 56.9. The number of oxime groups is 1. The maximum atomic E-state index is 12.7. The molecule has 160 valence electrons. The Morgan fingerprint density at radius 2 is 2.17 bits per heavy atom. The summed E-state index contributed by atoms with van der Waals surface area (Å²) < 4.78 is 4.93. The lowest BCUT2D eigenvalue weighted by Crippen LogP contribution is -2.62. The van der Waals surface area contributed by atoms with Gasteiger partial charge in [-0.15, -0.1) is 11.3 Å². The van der Waals surface area contributed by atoms with E-state index >= 15 is 0 Å². The number of thioether (sulfide) groups is 1. The number of carbonyl (C=O) groups excluding carboxylic acids is 3. The SMILES string of the molecule is CON=C(C(=O)N[C@@H]1C(=O)C2=C(C(=O)O)C(COC(C)=O)CS[C@@H]21)c1csc(N)n1. The molecule has 1 aromatic heterocycles. The normalized spacial score (nSPS) is 23.3. The Morgan fingerprint density at radius 1 is 1.43 bits per heavy atom. The molecule has 1 unspecified atom stereocenters. The van der Waals surface area contributed by atoms with Crippen LogP contribution < -0.4 is 11.1 Å². The van der Waals surface area contributed by atoms with Crippen molar-refractivity contribution in [2.24, 2.45) is 11.1 Å². The van der Waals surface area contributed by atoms with E-state index < -0.39 is 40.8 Å². The van der Waals surface area contributed by atoms with Crippen LogP contribution >= 0.6 is 23.1 Å². The van der Waals surface area contributed by atoms with Gasteiger partial charge in [0.05, 0.1) is 17.4 Å². The second kappa shape index (κ2) is 8.83.